The van der Waals surface area contributed by atoms with Gasteiger partial charge in [-0.25, -0.2) is 0 Å². The molecular weight excluding hydrogens is 556 g/mol. The third-order valence-electron chi connectivity index (χ3n) is 4.78. The van der Waals surface area contributed by atoms with E-state index in [1.165, 1.54) is 41.6 Å². The number of hydrogen-bond acceptors (Lipinski definition) is 12. The zero-order valence-corrected chi connectivity index (χ0v) is 30.7. The molecule has 2 rings (SSSR count). The van der Waals surface area contributed by atoms with Gasteiger partial charge in [0.2, 0.25) is 0 Å². The van der Waals surface area contributed by atoms with Crippen molar-refractivity contribution in [2.45, 2.75) is 31.0 Å². The molecule has 0 aromatic carbocycles. The number of aliphatic hydroxyl groups is 3. The molecule has 0 unspecified atom stereocenters. The summed E-state index contributed by atoms with van der Waals surface area (Å²) >= 11 is 0. The van der Waals surface area contributed by atoms with Crippen molar-refractivity contribution in [2.75, 3.05) is 19.8 Å². The molecule has 36 heavy (non-hydrogen) atoms. The van der Waals surface area contributed by atoms with Crippen LogP contribution in [0.2, 0.25) is 0 Å². The molecule has 0 fully saturated rings. The van der Waals surface area contributed by atoms with Crippen LogP contribution in [0.3, 0.4) is 0 Å². The molecule has 0 spiro atoms. The van der Waals surface area contributed by atoms with Gasteiger partial charge >= 0.3 is 118 Å². The number of pyridine rings is 2. The van der Waals surface area contributed by atoms with Crippen molar-refractivity contribution < 1.29 is 162 Å². The summed E-state index contributed by atoms with van der Waals surface area (Å²) in [4.78, 5) is 53.4. The summed E-state index contributed by atoms with van der Waals surface area (Å²) in [6.45, 7) is -1.81. The smallest absolute Gasteiger partial charge is 0.810 e. The van der Waals surface area contributed by atoms with Gasteiger partial charge in [0.1, 0.15) is 0 Å². The normalized spacial score (nSPS) is 11.6. The van der Waals surface area contributed by atoms with Crippen LogP contribution in [0, 0.1) is 0 Å². The Hall–Kier alpha value is 2.44. The molecule has 178 valence electrons. The number of aliphatic hydroxyl groups excluding tert-OH is 3. The van der Waals surface area contributed by atoms with Crippen LogP contribution in [-0.4, -0.2) is 55.5 Å². The summed E-state index contributed by atoms with van der Waals surface area (Å²) in [5.41, 5.74) is -0.249. The topological polar surface area (TPSA) is 216 Å². The minimum Gasteiger partial charge on any atom is -0.810 e. The Morgan fingerprint density at radius 2 is 1.03 bits per heavy atom. The first-order valence-corrected chi connectivity index (χ1v) is 12.8. The Kier molecular flexibility index (Phi) is 23.3. The van der Waals surface area contributed by atoms with Crippen molar-refractivity contribution in [3.05, 3.63) is 59.2 Å². The largest absolute Gasteiger partial charge is 1.00 e. The summed E-state index contributed by atoms with van der Waals surface area (Å²) in [6.07, 6.45) is 1.08. The van der Waals surface area contributed by atoms with Gasteiger partial charge in [-0.05, 0) is 23.3 Å². The molecule has 0 amide bonds. The number of hydrogen-bond donors (Lipinski definition) is 3. The summed E-state index contributed by atoms with van der Waals surface area (Å²) in [6, 6.07) is 5.79. The Labute approximate surface area is 298 Å². The summed E-state index contributed by atoms with van der Waals surface area (Å²) < 4.78 is 21.8. The Morgan fingerprint density at radius 3 is 1.25 bits per heavy atom. The molecule has 2 aromatic heterocycles. The van der Waals surface area contributed by atoms with E-state index in [1.54, 1.807) is 0 Å². The molecule has 0 radical (unpaired) electrons. The number of aromatic nitrogens is 2. The molecule has 0 saturated heterocycles. The summed E-state index contributed by atoms with van der Waals surface area (Å²) in [5, 5.41) is 29.5. The standard InChI is InChI=1S/C18H27N3O9P2.4Na/c22-11-18(12-23,13-24)21(7-16-3-1-14(5-19-16)9-31(25,26)27)8-17-4-2-15(6-20-17)10-32(28,29)30;;;;/h1-6,22-24H,7-13H2,(H2,25,26,27)(H2,28,29,30);;;;/q;4*+1/p-4. The maximum Gasteiger partial charge on any atom is 1.00 e. The summed E-state index contributed by atoms with van der Waals surface area (Å²) in [7, 11) is -9.50. The van der Waals surface area contributed by atoms with Crippen molar-refractivity contribution in [2.24, 2.45) is 0 Å². The second kappa shape index (κ2) is 19.5. The predicted octanol–water partition coefficient (Wildman–Crippen LogP) is -15.0. The van der Waals surface area contributed by atoms with Crippen LogP contribution in [0.15, 0.2) is 36.7 Å². The fourth-order valence-electron chi connectivity index (χ4n) is 2.96. The Bertz CT molecular complexity index is 897. The van der Waals surface area contributed by atoms with Gasteiger partial charge < -0.3 is 44.0 Å². The Balaban J connectivity index is -0.00000272. The molecule has 0 bridgehead atoms. The molecule has 3 N–H and O–H groups in total. The van der Waals surface area contributed by atoms with Crippen LogP contribution >= 0.6 is 15.2 Å². The third kappa shape index (κ3) is 14.9. The quantitative estimate of drug-likeness (QED) is 0.158. The molecule has 0 aliphatic carbocycles. The second-order valence-electron chi connectivity index (χ2n) is 7.41. The van der Waals surface area contributed by atoms with Gasteiger partial charge in [0.25, 0.3) is 0 Å². The Morgan fingerprint density at radius 1 is 0.694 bits per heavy atom. The number of rotatable bonds is 12. The van der Waals surface area contributed by atoms with Gasteiger partial charge in [0.15, 0.2) is 0 Å². The van der Waals surface area contributed by atoms with Crippen molar-refractivity contribution in [3.8, 4) is 0 Å². The third-order valence-corrected chi connectivity index (χ3v) is 6.29. The minimum absolute atomic E-state index is 0. The van der Waals surface area contributed by atoms with E-state index in [0.717, 1.165) is 0 Å². The molecule has 18 heteroatoms. The average Bonchev–Trinajstić information content (AvgIpc) is 2.70. The molecule has 0 atom stereocenters. The van der Waals surface area contributed by atoms with Crippen molar-refractivity contribution in [1.29, 1.82) is 0 Å². The van der Waals surface area contributed by atoms with E-state index in [4.69, 9.17) is 0 Å². The second-order valence-corrected chi connectivity index (χ2v) is 10.5. The minimum atomic E-state index is -4.75. The molecule has 0 aliphatic heterocycles. The molecular formula is C18H23N3Na4O9P2. The van der Waals surface area contributed by atoms with E-state index in [0.29, 0.717) is 11.4 Å². The van der Waals surface area contributed by atoms with Gasteiger partial charge in [-0.2, -0.15) is 0 Å². The fraction of sp³-hybridized carbons (Fsp3) is 0.444. The fourth-order valence-corrected chi connectivity index (χ4v) is 4.23. The maximum absolute atomic E-state index is 10.9. The zero-order valence-electron chi connectivity index (χ0n) is 20.9. The van der Waals surface area contributed by atoms with Crippen LogP contribution in [0.25, 0.3) is 0 Å². The SMILES string of the molecule is O=P([O-])([O-])Cc1ccc(CN(Cc2ccc(CP(=O)([O-])[O-])cn2)C(CO)(CO)CO)nc1.[Na+].[Na+].[Na+].[Na+]. The van der Waals surface area contributed by atoms with Gasteiger partial charge in [-0.1, -0.05) is 27.3 Å². The van der Waals surface area contributed by atoms with E-state index in [2.05, 4.69) is 9.97 Å². The van der Waals surface area contributed by atoms with E-state index < -0.39 is 52.9 Å². The average molecular weight is 579 g/mol. The predicted molar refractivity (Wildman–Crippen MR) is 104 cm³/mol. The van der Waals surface area contributed by atoms with Crippen molar-refractivity contribution >= 4 is 15.2 Å². The molecule has 12 nitrogen and oxygen atoms in total. The van der Waals surface area contributed by atoms with Crippen LogP contribution < -0.4 is 138 Å². The molecule has 0 saturated carbocycles. The van der Waals surface area contributed by atoms with Gasteiger partial charge in [-0.15, -0.1) is 0 Å². The first-order valence-electron chi connectivity index (χ1n) is 9.37. The molecule has 2 heterocycles. The summed E-state index contributed by atoms with van der Waals surface area (Å²) in [5.74, 6) is 0. The monoisotopic (exact) mass is 579 g/mol. The molecule has 0 aliphatic rings. The van der Waals surface area contributed by atoms with Crippen molar-refractivity contribution in [3.63, 3.8) is 0 Å². The van der Waals surface area contributed by atoms with Crippen LogP contribution in [0.4, 0.5) is 0 Å². The first kappa shape index (κ1) is 42.9. The number of nitrogens with zero attached hydrogens (tertiary/aromatic N) is 3. The van der Waals surface area contributed by atoms with Crippen LogP contribution in [0.1, 0.15) is 22.5 Å². The van der Waals surface area contributed by atoms with E-state index in [1.807, 2.05) is 0 Å². The first-order chi connectivity index (χ1) is 14.9. The van der Waals surface area contributed by atoms with E-state index in [9.17, 15) is 44.0 Å². The maximum atomic E-state index is 10.9. The van der Waals surface area contributed by atoms with Gasteiger partial charge in [0.05, 0.1) is 36.7 Å². The van der Waals surface area contributed by atoms with Crippen molar-refractivity contribution in [1.82, 2.24) is 14.9 Å². The van der Waals surface area contributed by atoms with E-state index in [-0.39, 0.29) is 142 Å². The van der Waals surface area contributed by atoms with Gasteiger partial charge in [-0.3, -0.25) is 14.9 Å². The van der Waals surface area contributed by atoms with Crippen LogP contribution in [0.5, 0.6) is 0 Å². The van der Waals surface area contributed by atoms with E-state index >= 15 is 0 Å². The van der Waals surface area contributed by atoms with Crippen LogP contribution in [-0.2, 0) is 34.5 Å². The zero-order chi connectivity index (χ0) is 24.0. The molecule has 2 aromatic rings. The van der Waals surface area contributed by atoms with Gasteiger partial charge in [0, 0.05) is 37.8 Å².